The van der Waals surface area contributed by atoms with Crippen LogP contribution >= 0.6 is 11.6 Å². The number of anilines is 1. The predicted octanol–water partition coefficient (Wildman–Crippen LogP) is 3.28. The average Bonchev–Trinajstić information content (AvgIpc) is 2.26. The van der Waals surface area contributed by atoms with Gasteiger partial charge in [0.05, 0.1) is 0 Å². The van der Waals surface area contributed by atoms with E-state index in [2.05, 4.69) is 14.7 Å². The second kappa shape index (κ2) is 4.93. The number of benzene rings is 1. The summed E-state index contributed by atoms with van der Waals surface area (Å²) in [5.41, 5.74) is 6.40. The Kier molecular flexibility index (Phi) is 3.48. The molecule has 1 aromatic heterocycles. The van der Waals surface area contributed by atoms with Crippen LogP contribution in [0.25, 0.3) is 11.1 Å². The maximum absolute atomic E-state index is 12.1. The van der Waals surface area contributed by atoms with Crippen LogP contribution in [0, 0.1) is 0 Å². The van der Waals surface area contributed by atoms with Crippen molar-refractivity contribution in [2.75, 3.05) is 5.73 Å². The summed E-state index contributed by atoms with van der Waals surface area (Å²) >= 11 is 5.55. The Labute approximate surface area is 111 Å². The summed E-state index contributed by atoms with van der Waals surface area (Å²) < 4.78 is 40.2. The van der Waals surface area contributed by atoms with Crippen molar-refractivity contribution in [2.45, 2.75) is 6.36 Å². The fraction of sp³-hybridized carbons (Fsp3) is 0.0909. The van der Waals surface area contributed by atoms with Crippen molar-refractivity contribution in [2.24, 2.45) is 0 Å². The third-order valence-electron chi connectivity index (χ3n) is 2.17. The lowest BCUT2D eigenvalue weighted by atomic mass is 10.1. The van der Waals surface area contributed by atoms with Crippen LogP contribution in [0.3, 0.4) is 0 Å². The third kappa shape index (κ3) is 3.47. The van der Waals surface area contributed by atoms with Crippen molar-refractivity contribution in [1.82, 2.24) is 9.97 Å². The van der Waals surface area contributed by atoms with E-state index in [1.165, 1.54) is 24.4 Å². The highest BCUT2D eigenvalue weighted by Gasteiger charge is 2.31. The molecule has 0 saturated carbocycles. The Hall–Kier alpha value is -2.02. The van der Waals surface area contributed by atoms with E-state index in [1.54, 1.807) is 6.07 Å². The summed E-state index contributed by atoms with van der Waals surface area (Å²) in [6.07, 6.45) is -3.42. The lowest BCUT2D eigenvalue weighted by molar-refractivity contribution is -0.274. The van der Waals surface area contributed by atoms with Gasteiger partial charge in [-0.25, -0.2) is 9.97 Å². The molecule has 0 bridgehead atoms. The minimum atomic E-state index is -4.75. The second-order valence-electron chi connectivity index (χ2n) is 3.51. The fourth-order valence-electron chi connectivity index (χ4n) is 1.46. The van der Waals surface area contributed by atoms with Gasteiger partial charge in [0, 0.05) is 11.8 Å². The highest BCUT2D eigenvalue weighted by atomic mass is 35.5. The first-order chi connectivity index (χ1) is 8.85. The fourth-order valence-corrected chi connectivity index (χ4v) is 1.60. The molecule has 0 radical (unpaired) electrons. The first kappa shape index (κ1) is 13.4. The molecule has 1 heterocycles. The minimum Gasteiger partial charge on any atom is -0.406 e. The van der Waals surface area contributed by atoms with E-state index in [9.17, 15) is 13.2 Å². The Bertz CT molecular complexity index is 604. The molecule has 0 atom stereocenters. The van der Waals surface area contributed by atoms with Crippen molar-refractivity contribution in [3.8, 4) is 16.9 Å². The molecule has 0 unspecified atom stereocenters. The van der Waals surface area contributed by atoms with E-state index >= 15 is 0 Å². The van der Waals surface area contributed by atoms with E-state index in [4.69, 9.17) is 17.3 Å². The predicted molar refractivity (Wildman–Crippen MR) is 63.6 cm³/mol. The van der Waals surface area contributed by atoms with Crippen LogP contribution in [0.4, 0.5) is 19.0 Å². The SMILES string of the molecule is Nc1nc(Cl)ncc1-c1cccc(OC(F)(F)F)c1. The zero-order chi connectivity index (χ0) is 14.0. The number of nitrogens with zero attached hydrogens (tertiary/aromatic N) is 2. The van der Waals surface area contributed by atoms with Crippen LogP contribution in [-0.2, 0) is 0 Å². The van der Waals surface area contributed by atoms with Crippen LogP contribution in [0.1, 0.15) is 0 Å². The molecule has 0 aliphatic carbocycles. The van der Waals surface area contributed by atoms with E-state index < -0.39 is 6.36 Å². The van der Waals surface area contributed by atoms with Crippen LogP contribution in [0.2, 0.25) is 5.28 Å². The molecule has 0 saturated heterocycles. The summed E-state index contributed by atoms with van der Waals surface area (Å²) in [5, 5.41) is -0.0380. The van der Waals surface area contributed by atoms with Crippen molar-refractivity contribution in [1.29, 1.82) is 0 Å². The smallest absolute Gasteiger partial charge is 0.406 e. The maximum atomic E-state index is 12.1. The Balaban J connectivity index is 2.38. The van der Waals surface area contributed by atoms with E-state index in [-0.39, 0.29) is 16.9 Å². The molecule has 1 aromatic carbocycles. The van der Waals surface area contributed by atoms with Crippen molar-refractivity contribution < 1.29 is 17.9 Å². The Morgan fingerprint density at radius 1 is 1.26 bits per heavy atom. The Morgan fingerprint density at radius 3 is 2.63 bits per heavy atom. The van der Waals surface area contributed by atoms with Gasteiger partial charge in [0.15, 0.2) is 0 Å². The molecule has 2 aromatic rings. The van der Waals surface area contributed by atoms with Crippen LogP contribution in [-0.4, -0.2) is 16.3 Å². The second-order valence-corrected chi connectivity index (χ2v) is 3.85. The monoisotopic (exact) mass is 289 g/mol. The molecule has 100 valence electrons. The standard InChI is InChI=1S/C11H7ClF3N3O/c12-10-17-5-8(9(16)18-10)6-2-1-3-7(4-6)19-11(13,14)15/h1-5H,(H2,16,17,18). The van der Waals surface area contributed by atoms with Gasteiger partial charge in [-0.1, -0.05) is 12.1 Å². The van der Waals surface area contributed by atoms with Gasteiger partial charge in [0.25, 0.3) is 0 Å². The zero-order valence-corrected chi connectivity index (χ0v) is 10.0. The number of hydrogen-bond acceptors (Lipinski definition) is 4. The van der Waals surface area contributed by atoms with Crippen molar-refractivity contribution in [3.63, 3.8) is 0 Å². The summed E-state index contributed by atoms with van der Waals surface area (Å²) in [6, 6.07) is 5.34. The summed E-state index contributed by atoms with van der Waals surface area (Å²) in [5.74, 6) is -0.275. The number of hydrogen-bond donors (Lipinski definition) is 1. The molecule has 2 rings (SSSR count). The van der Waals surface area contributed by atoms with E-state index in [1.807, 2.05) is 0 Å². The van der Waals surface area contributed by atoms with Gasteiger partial charge in [-0.05, 0) is 29.3 Å². The zero-order valence-electron chi connectivity index (χ0n) is 9.28. The minimum absolute atomic E-state index is 0.0380. The number of halogens is 4. The lowest BCUT2D eigenvalue weighted by Crippen LogP contribution is -2.17. The number of ether oxygens (including phenoxy) is 1. The van der Waals surface area contributed by atoms with Crippen LogP contribution in [0.15, 0.2) is 30.5 Å². The molecule has 19 heavy (non-hydrogen) atoms. The number of nitrogen functional groups attached to an aromatic ring is 1. The highest BCUT2D eigenvalue weighted by Crippen LogP contribution is 2.30. The van der Waals surface area contributed by atoms with Gasteiger partial charge < -0.3 is 10.5 Å². The highest BCUT2D eigenvalue weighted by molar-refractivity contribution is 6.28. The summed E-state index contributed by atoms with van der Waals surface area (Å²) in [7, 11) is 0. The average molecular weight is 290 g/mol. The largest absolute Gasteiger partial charge is 0.573 e. The van der Waals surface area contributed by atoms with Gasteiger partial charge in [0.1, 0.15) is 11.6 Å². The molecule has 0 fully saturated rings. The van der Waals surface area contributed by atoms with Crippen molar-refractivity contribution in [3.05, 3.63) is 35.7 Å². The Morgan fingerprint density at radius 2 is 2.00 bits per heavy atom. The van der Waals surface area contributed by atoms with E-state index in [0.29, 0.717) is 11.1 Å². The van der Waals surface area contributed by atoms with Gasteiger partial charge in [-0.3, -0.25) is 0 Å². The van der Waals surface area contributed by atoms with Gasteiger partial charge in [-0.2, -0.15) is 0 Å². The van der Waals surface area contributed by atoms with E-state index in [0.717, 1.165) is 0 Å². The van der Waals surface area contributed by atoms with Gasteiger partial charge in [-0.15, -0.1) is 13.2 Å². The first-order valence-corrected chi connectivity index (χ1v) is 5.37. The van der Waals surface area contributed by atoms with Crippen molar-refractivity contribution >= 4 is 17.4 Å². The quantitative estimate of drug-likeness (QED) is 0.862. The lowest BCUT2D eigenvalue weighted by Gasteiger charge is -2.10. The number of nitrogens with two attached hydrogens (primary N) is 1. The molecule has 4 nitrogen and oxygen atoms in total. The first-order valence-electron chi connectivity index (χ1n) is 4.99. The molecular weight excluding hydrogens is 283 g/mol. The summed E-state index contributed by atoms with van der Waals surface area (Å²) in [6.45, 7) is 0. The maximum Gasteiger partial charge on any atom is 0.573 e. The summed E-state index contributed by atoms with van der Waals surface area (Å²) in [4.78, 5) is 7.46. The molecule has 8 heteroatoms. The molecule has 0 aliphatic rings. The van der Waals surface area contributed by atoms with Crippen LogP contribution in [0.5, 0.6) is 5.75 Å². The molecule has 0 spiro atoms. The molecule has 0 amide bonds. The number of aromatic nitrogens is 2. The normalized spacial score (nSPS) is 11.4. The molecule has 0 aliphatic heterocycles. The third-order valence-corrected chi connectivity index (χ3v) is 2.35. The van der Waals surface area contributed by atoms with Gasteiger partial charge >= 0.3 is 6.36 Å². The number of rotatable bonds is 2. The number of alkyl halides is 3. The van der Waals surface area contributed by atoms with Crippen LogP contribution < -0.4 is 10.5 Å². The molecule has 2 N–H and O–H groups in total. The molecular formula is C11H7ClF3N3O. The topological polar surface area (TPSA) is 61.0 Å². The van der Waals surface area contributed by atoms with Gasteiger partial charge in [0.2, 0.25) is 5.28 Å².